The van der Waals surface area contributed by atoms with Crippen molar-refractivity contribution in [3.63, 3.8) is 0 Å². The molecule has 2 rings (SSSR count). The average molecular weight is 205 g/mol. The second-order valence-electron chi connectivity index (χ2n) is 4.04. The highest BCUT2D eigenvalue weighted by Gasteiger charge is 2.22. The molecule has 0 aromatic heterocycles. The number of benzene rings is 1. The first-order valence-corrected chi connectivity index (χ1v) is 5.84. The molecule has 0 spiro atoms. The smallest absolute Gasteiger partial charge is 0.124 e. The van der Waals surface area contributed by atoms with Crippen molar-refractivity contribution in [1.29, 1.82) is 0 Å². The van der Waals surface area contributed by atoms with Gasteiger partial charge in [-0.1, -0.05) is 32.4 Å². The Labute approximate surface area is 91.6 Å². The van der Waals surface area contributed by atoms with Crippen molar-refractivity contribution in [2.24, 2.45) is 0 Å². The highest BCUT2D eigenvalue weighted by molar-refractivity contribution is 5.42. The lowest BCUT2D eigenvalue weighted by Gasteiger charge is -2.10. The standard InChI is InChI=1S/C13H19NO/c1-3-5-10-6-7-13-11(8-10)12(9-15-13)14-4-2/h6-8,12,14H,3-5,9H2,1-2H3. The first-order valence-electron chi connectivity index (χ1n) is 5.84. The third-order valence-electron chi connectivity index (χ3n) is 2.84. The summed E-state index contributed by atoms with van der Waals surface area (Å²) < 4.78 is 5.63. The SMILES string of the molecule is CCCc1ccc2c(c1)C(NCC)CO2. The predicted molar refractivity (Wildman–Crippen MR) is 62.3 cm³/mol. The molecule has 0 saturated heterocycles. The van der Waals surface area contributed by atoms with Gasteiger partial charge in [0, 0.05) is 5.56 Å². The Kier molecular flexibility index (Phi) is 3.27. The number of nitrogens with one attached hydrogen (secondary N) is 1. The third kappa shape index (κ3) is 2.15. The normalized spacial score (nSPS) is 18.7. The number of ether oxygens (including phenoxy) is 1. The van der Waals surface area contributed by atoms with Crippen molar-refractivity contribution in [2.45, 2.75) is 32.7 Å². The fourth-order valence-electron chi connectivity index (χ4n) is 2.12. The van der Waals surface area contributed by atoms with Crippen LogP contribution < -0.4 is 10.1 Å². The lowest BCUT2D eigenvalue weighted by molar-refractivity contribution is 0.313. The van der Waals surface area contributed by atoms with Crippen molar-refractivity contribution in [3.8, 4) is 5.75 Å². The van der Waals surface area contributed by atoms with Crippen LogP contribution in [0, 0.1) is 0 Å². The summed E-state index contributed by atoms with van der Waals surface area (Å²) in [5, 5.41) is 3.44. The number of rotatable bonds is 4. The van der Waals surface area contributed by atoms with Crippen molar-refractivity contribution < 1.29 is 4.74 Å². The van der Waals surface area contributed by atoms with Crippen LogP contribution in [0.4, 0.5) is 0 Å². The molecular weight excluding hydrogens is 186 g/mol. The van der Waals surface area contributed by atoms with E-state index in [9.17, 15) is 0 Å². The van der Waals surface area contributed by atoms with Crippen molar-refractivity contribution in [1.82, 2.24) is 5.32 Å². The first-order chi connectivity index (χ1) is 7.35. The summed E-state index contributed by atoms with van der Waals surface area (Å²) in [5.74, 6) is 1.06. The Morgan fingerprint density at radius 3 is 3.00 bits per heavy atom. The summed E-state index contributed by atoms with van der Waals surface area (Å²) in [7, 11) is 0. The van der Waals surface area contributed by atoms with Crippen molar-refractivity contribution >= 4 is 0 Å². The van der Waals surface area contributed by atoms with Crippen LogP contribution in [0.15, 0.2) is 18.2 Å². The predicted octanol–water partition coefficient (Wildman–Crippen LogP) is 2.68. The fourth-order valence-corrected chi connectivity index (χ4v) is 2.12. The third-order valence-corrected chi connectivity index (χ3v) is 2.84. The van der Waals surface area contributed by atoms with Crippen LogP contribution in [0.3, 0.4) is 0 Å². The van der Waals surface area contributed by atoms with Gasteiger partial charge in [-0.15, -0.1) is 0 Å². The largest absolute Gasteiger partial charge is 0.491 e. The highest BCUT2D eigenvalue weighted by Crippen LogP contribution is 2.33. The number of fused-ring (bicyclic) bond motifs is 1. The van der Waals surface area contributed by atoms with Crippen molar-refractivity contribution in [3.05, 3.63) is 29.3 Å². The maximum atomic E-state index is 5.63. The van der Waals surface area contributed by atoms with Gasteiger partial charge in [0.25, 0.3) is 0 Å². The van der Waals surface area contributed by atoms with Crippen LogP contribution >= 0.6 is 0 Å². The van der Waals surface area contributed by atoms with Gasteiger partial charge in [-0.25, -0.2) is 0 Å². The molecule has 0 amide bonds. The van der Waals surface area contributed by atoms with Crippen LogP contribution in [0.1, 0.15) is 37.4 Å². The average Bonchev–Trinajstić information content (AvgIpc) is 2.63. The van der Waals surface area contributed by atoms with Crippen LogP contribution in [-0.2, 0) is 6.42 Å². The molecule has 1 aromatic rings. The number of hydrogen-bond donors (Lipinski definition) is 1. The Morgan fingerprint density at radius 1 is 1.40 bits per heavy atom. The summed E-state index contributed by atoms with van der Waals surface area (Å²) in [4.78, 5) is 0. The number of likely N-dealkylation sites (N-methyl/N-ethyl adjacent to an activating group) is 1. The zero-order chi connectivity index (χ0) is 10.7. The maximum Gasteiger partial charge on any atom is 0.124 e. The first kappa shape index (κ1) is 10.5. The van der Waals surface area contributed by atoms with Crippen LogP contribution in [0.5, 0.6) is 5.75 Å². The minimum atomic E-state index is 0.391. The summed E-state index contributed by atoms with van der Waals surface area (Å²) in [6.45, 7) is 6.11. The molecule has 1 heterocycles. The van der Waals surface area contributed by atoms with E-state index in [4.69, 9.17) is 4.74 Å². The summed E-state index contributed by atoms with van der Waals surface area (Å²) in [5.41, 5.74) is 2.76. The topological polar surface area (TPSA) is 21.3 Å². The molecule has 0 bridgehead atoms. The van der Waals surface area contributed by atoms with E-state index in [0.29, 0.717) is 6.04 Å². The molecule has 1 aliphatic heterocycles. The molecule has 1 atom stereocenters. The van der Waals surface area contributed by atoms with Gasteiger partial charge < -0.3 is 10.1 Å². The monoisotopic (exact) mass is 205 g/mol. The van der Waals surface area contributed by atoms with Gasteiger partial charge in [0.05, 0.1) is 6.04 Å². The van der Waals surface area contributed by atoms with Gasteiger partial charge in [0.2, 0.25) is 0 Å². The van der Waals surface area contributed by atoms with E-state index >= 15 is 0 Å². The molecule has 2 nitrogen and oxygen atoms in total. The molecular formula is C13H19NO. The van der Waals surface area contributed by atoms with Gasteiger partial charge in [-0.05, 0) is 24.6 Å². The summed E-state index contributed by atoms with van der Waals surface area (Å²) >= 11 is 0. The van der Waals surface area contributed by atoms with Crippen LogP contribution in [0.25, 0.3) is 0 Å². The van der Waals surface area contributed by atoms with Crippen molar-refractivity contribution in [2.75, 3.05) is 13.2 Å². The van der Waals surface area contributed by atoms with Gasteiger partial charge >= 0.3 is 0 Å². The molecule has 0 saturated carbocycles. The zero-order valence-electron chi connectivity index (χ0n) is 9.55. The molecule has 1 aliphatic rings. The summed E-state index contributed by atoms with van der Waals surface area (Å²) in [6.07, 6.45) is 2.36. The lowest BCUT2D eigenvalue weighted by Crippen LogP contribution is -2.21. The van der Waals surface area contributed by atoms with Gasteiger partial charge in [0.15, 0.2) is 0 Å². The Bertz CT molecular complexity index is 333. The van der Waals surface area contributed by atoms with Gasteiger partial charge in [-0.2, -0.15) is 0 Å². The summed E-state index contributed by atoms with van der Waals surface area (Å²) in [6, 6.07) is 6.97. The molecule has 1 aromatic carbocycles. The van der Waals surface area contributed by atoms with Gasteiger partial charge in [-0.3, -0.25) is 0 Å². The van der Waals surface area contributed by atoms with E-state index in [1.54, 1.807) is 0 Å². The second kappa shape index (κ2) is 4.67. The highest BCUT2D eigenvalue weighted by atomic mass is 16.5. The van der Waals surface area contributed by atoms with E-state index in [1.165, 1.54) is 17.5 Å². The molecule has 2 heteroatoms. The van der Waals surface area contributed by atoms with Crippen LogP contribution in [-0.4, -0.2) is 13.2 Å². The molecule has 0 radical (unpaired) electrons. The number of hydrogen-bond acceptors (Lipinski definition) is 2. The minimum absolute atomic E-state index is 0.391. The lowest BCUT2D eigenvalue weighted by atomic mass is 10.0. The van der Waals surface area contributed by atoms with E-state index in [0.717, 1.165) is 25.3 Å². The van der Waals surface area contributed by atoms with E-state index < -0.39 is 0 Å². The Balaban J connectivity index is 2.21. The van der Waals surface area contributed by atoms with Gasteiger partial charge in [0.1, 0.15) is 12.4 Å². The molecule has 0 aliphatic carbocycles. The Hall–Kier alpha value is -1.02. The van der Waals surface area contributed by atoms with E-state index in [1.807, 2.05) is 0 Å². The molecule has 82 valence electrons. The molecule has 1 unspecified atom stereocenters. The van der Waals surface area contributed by atoms with Crippen LogP contribution in [0.2, 0.25) is 0 Å². The number of aryl methyl sites for hydroxylation is 1. The second-order valence-corrected chi connectivity index (χ2v) is 4.04. The molecule has 1 N–H and O–H groups in total. The van der Waals surface area contributed by atoms with E-state index in [2.05, 4.69) is 37.4 Å². The zero-order valence-corrected chi connectivity index (χ0v) is 9.55. The quantitative estimate of drug-likeness (QED) is 0.816. The minimum Gasteiger partial charge on any atom is -0.491 e. The fraction of sp³-hybridized carbons (Fsp3) is 0.538. The van der Waals surface area contributed by atoms with E-state index in [-0.39, 0.29) is 0 Å². The molecule has 15 heavy (non-hydrogen) atoms. The molecule has 0 fully saturated rings. The Morgan fingerprint density at radius 2 is 2.27 bits per heavy atom. The maximum absolute atomic E-state index is 5.63.